The number of likely N-dealkylation sites (N-methyl/N-ethyl adjacent to an activating group) is 2. The van der Waals surface area contributed by atoms with Gasteiger partial charge in [-0.15, -0.1) is 0 Å². The lowest BCUT2D eigenvalue weighted by molar-refractivity contribution is -0.149. The van der Waals surface area contributed by atoms with E-state index in [0.717, 1.165) is 19.5 Å². The minimum atomic E-state index is -1.06. The van der Waals surface area contributed by atoms with E-state index in [2.05, 4.69) is 4.90 Å². The Bertz CT molecular complexity index is 295. The highest BCUT2D eigenvalue weighted by Gasteiger charge is 2.28. The minimum absolute atomic E-state index is 0.292. The first-order chi connectivity index (χ1) is 7.90. The Morgan fingerprint density at radius 3 is 2.53 bits per heavy atom. The van der Waals surface area contributed by atoms with Gasteiger partial charge in [0.2, 0.25) is 0 Å². The van der Waals surface area contributed by atoms with E-state index < -0.39 is 17.9 Å². The number of aliphatic carboxylic acids is 2. The second-order valence-corrected chi connectivity index (χ2v) is 4.78. The minimum Gasteiger partial charge on any atom is -0.481 e. The summed E-state index contributed by atoms with van der Waals surface area (Å²) in [6.45, 7) is 2.21. The number of hydrogen-bond acceptors (Lipinski definition) is 4. The number of carbonyl (C=O) groups is 2. The molecule has 0 aromatic rings. The molecule has 0 radical (unpaired) electrons. The molecule has 0 aromatic heterocycles. The third-order valence-electron chi connectivity index (χ3n) is 3.27. The molecule has 98 valence electrons. The number of nitrogens with zero attached hydrogens (tertiary/aromatic N) is 2. The molecule has 0 aliphatic carbocycles. The summed E-state index contributed by atoms with van der Waals surface area (Å²) in [7, 11) is 3.89. The Morgan fingerprint density at radius 1 is 1.47 bits per heavy atom. The zero-order valence-electron chi connectivity index (χ0n) is 10.3. The van der Waals surface area contributed by atoms with Gasteiger partial charge in [0, 0.05) is 19.1 Å². The number of carboxylic acid groups (broad SMARTS) is 2. The molecule has 1 heterocycles. The van der Waals surface area contributed by atoms with E-state index in [1.807, 2.05) is 19.0 Å². The predicted molar refractivity (Wildman–Crippen MR) is 61.9 cm³/mol. The standard InChI is InChI=1S/C11H20N2O4/c1-12-4-3-9(7-12)13(2)6-8(11(16)17)5-10(14)15/h8-9H,3-7H2,1-2H3,(H,14,15)(H,16,17). The molecule has 2 unspecified atom stereocenters. The van der Waals surface area contributed by atoms with Crippen LogP contribution in [-0.4, -0.2) is 71.7 Å². The molecule has 0 spiro atoms. The fourth-order valence-electron chi connectivity index (χ4n) is 2.21. The maximum Gasteiger partial charge on any atom is 0.308 e. The summed E-state index contributed by atoms with van der Waals surface area (Å²) < 4.78 is 0. The maximum atomic E-state index is 10.9. The highest BCUT2D eigenvalue weighted by molar-refractivity contribution is 5.77. The van der Waals surface area contributed by atoms with E-state index in [9.17, 15) is 9.59 Å². The molecule has 1 rings (SSSR count). The largest absolute Gasteiger partial charge is 0.481 e. The van der Waals surface area contributed by atoms with Crippen LogP contribution in [-0.2, 0) is 9.59 Å². The van der Waals surface area contributed by atoms with Crippen molar-refractivity contribution >= 4 is 11.9 Å². The highest BCUT2D eigenvalue weighted by atomic mass is 16.4. The van der Waals surface area contributed by atoms with E-state index >= 15 is 0 Å². The van der Waals surface area contributed by atoms with Gasteiger partial charge in [-0.1, -0.05) is 0 Å². The molecular formula is C11H20N2O4. The SMILES string of the molecule is CN1CCC(N(C)CC(CC(=O)O)C(=O)O)C1. The Kier molecular flexibility index (Phi) is 4.89. The van der Waals surface area contributed by atoms with Gasteiger partial charge in [0.15, 0.2) is 0 Å². The third-order valence-corrected chi connectivity index (χ3v) is 3.27. The molecule has 2 atom stereocenters. The van der Waals surface area contributed by atoms with E-state index in [-0.39, 0.29) is 6.42 Å². The number of rotatable bonds is 6. The monoisotopic (exact) mass is 244 g/mol. The topological polar surface area (TPSA) is 81.1 Å². The molecule has 0 saturated carbocycles. The lowest BCUT2D eigenvalue weighted by Gasteiger charge is -2.26. The van der Waals surface area contributed by atoms with Crippen LogP contribution >= 0.6 is 0 Å². The number of likely N-dealkylation sites (tertiary alicyclic amines) is 1. The molecule has 0 aromatic carbocycles. The van der Waals surface area contributed by atoms with Crippen molar-refractivity contribution in [3.8, 4) is 0 Å². The molecule has 17 heavy (non-hydrogen) atoms. The normalized spacial score (nSPS) is 22.9. The van der Waals surface area contributed by atoms with E-state index in [1.54, 1.807) is 0 Å². The predicted octanol–water partition coefficient (Wildman–Crippen LogP) is -0.202. The van der Waals surface area contributed by atoms with Crippen LogP contribution in [0, 0.1) is 5.92 Å². The first-order valence-corrected chi connectivity index (χ1v) is 5.73. The second-order valence-electron chi connectivity index (χ2n) is 4.78. The van der Waals surface area contributed by atoms with Crippen LogP contribution in [0.15, 0.2) is 0 Å². The summed E-state index contributed by atoms with van der Waals surface area (Å²) in [6.07, 6.45) is 0.689. The van der Waals surface area contributed by atoms with Crippen molar-refractivity contribution in [3.05, 3.63) is 0 Å². The third kappa shape index (κ3) is 4.32. The summed E-state index contributed by atoms with van der Waals surface area (Å²) in [5, 5.41) is 17.6. The van der Waals surface area contributed by atoms with Crippen molar-refractivity contribution in [2.45, 2.75) is 18.9 Å². The molecule has 1 saturated heterocycles. The lowest BCUT2D eigenvalue weighted by atomic mass is 10.0. The molecular weight excluding hydrogens is 224 g/mol. The summed E-state index contributed by atoms with van der Waals surface area (Å²) in [5.41, 5.74) is 0. The molecule has 1 fully saturated rings. The molecule has 1 aliphatic heterocycles. The van der Waals surface area contributed by atoms with Crippen LogP contribution in [0.4, 0.5) is 0 Å². The Balaban J connectivity index is 2.48. The quantitative estimate of drug-likeness (QED) is 0.673. The van der Waals surface area contributed by atoms with Crippen molar-refractivity contribution in [2.24, 2.45) is 5.92 Å². The molecule has 6 nitrogen and oxygen atoms in total. The molecule has 0 bridgehead atoms. The lowest BCUT2D eigenvalue weighted by Crippen LogP contribution is -2.39. The van der Waals surface area contributed by atoms with E-state index in [1.165, 1.54) is 0 Å². The van der Waals surface area contributed by atoms with Crippen LogP contribution in [0.5, 0.6) is 0 Å². The van der Waals surface area contributed by atoms with Gasteiger partial charge in [0.05, 0.1) is 12.3 Å². The van der Waals surface area contributed by atoms with Crippen LogP contribution in [0.25, 0.3) is 0 Å². The fraction of sp³-hybridized carbons (Fsp3) is 0.818. The van der Waals surface area contributed by atoms with Gasteiger partial charge in [-0.2, -0.15) is 0 Å². The van der Waals surface area contributed by atoms with Gasteiger partial charge in [-0.3, -0.25) is 9.59 Å². The first kappa shape index (κ1) is 13.9. The van der Waals surface area contributed by atoms with Crippen LogP contribution < -0.4 is 0 Å². The molecule has 2 N–H and O–H groups in total. The van der Waals surface area contributed by atoms with Crippen LogP contribution in [0.2, 0.25) is 0 Å². The highest BCUT2D eigenvalue weighted by Crippen LogP contribution is 2.15. The summed E-state index contributed by atoms with van der Waals surface area (Å²) in [4.78, 5) is 25.7. The van der Waals surface area contributed by atoms with E-state index in [4.69, 9.17) is 10.2 Å². The van der Waals surface area contributed by atoms with Gasteiger partial charge >= 0.3 is 11.9 Å². The van der Waals surface area contributed by atoms with Crippen molar-refractivity contribution in [1.82, 2.24) is 9.80 Å². The summed E-state index contributed by atoms with van der Waals surface area (Å²) in [5.74, 6) is -2.93. The summed E-state index contributed by atoms with van der Waals surface area (Å²) >= 11 is 0. The van der Waals surface area contributed by atoms with Gasteiger partial charge in [-0.05, 0) is 27.1 Å². The number of carboxylic acids is 2. The zero-order chi connectivity index (χ0) is 13.0. The molecule has 6 heteroatoms. The van der Waals surface area contributed by atoms with Gasteiger partial charge < -0.3 is 20.0 Å². The van der Waals surface area contributed by atoms with Crippen LogP contribution in [0.1, 0.15) is 12.8 Å². The van der Waals surface area contributed by atoms with Crippen molar-refractivity contribution in [3.63, 3.8) is 0 Å². The molecule has 0 amide bonds. The maximum absolute atomic E-state index is 10.9. The van der Waals surface area contributed by atoms with Crippen LogP contribution in [0.3, 0.4) is 0 Å². The zero-order valence-corrected chi connectivity index (χ0v) is 10.3. The second kappa shape index (κ2) is 5.97. The van der Waals surface area contributed by atoms with Gasteiger partial charge in [0.25, 0.3) is 0 Å². The van der Waals surface area contributed by atoms with Gasteiger partial charge in [0.1, 0.15) is 0 Å². The Morgan fingerprint density at radius 2 is 2.12 bits per heavy atom. The van der Waals surface area contributed by atoms with Crippen molar-refractivity contribution in [2.75, 3.05) is 33.7 Å². The molecule has 1 aliphatic rings. The Labute approximate surface area is 101 Å². The smallest absolute Gasteiger partial charge is 0.308 e. The average Bonchev–Trinajstić information content (AvgIpc) is 2.63. The van der Waals surface area contributed by atoms with Crippen molar-refractivity contribution in [1.29, 1.82) is 0 Å². The Hall–Kier alpha value is -1.14. The fourth-order valence-corrected chi connectivity index (χ4v) is 2.21. The first-order valence-electron chi connectivity index (χ1n) is 5.73. The number of hydrogen-bond donors (Lipinski definition) is 2. The van der Waals surface area contributed by atoms with E-state index in [0.29, 0.717) is 12.6 Å². The summed E-state index contributed by atoms with van der Waals surface area (Å²) in [6, 6.07) is 0.329. The van der Waals surface area contributed by atoms with Crippen molar-refractivity contribution < 1.29 is 19.8 Å². The average molecular weight is 244 g/mol. The van der Waals surface area contributed by atoms with Gasteiger partial charge in [-0.25, -0.2) is 0 Å².